The number of likely N-dealkylation sites (tertiary alicyclic amines) is 1. The van der Waals surface area contributed by atoms with Crippen LogP contribution in [-0.2, 0) is 19.5 Å². The number of hydrogen-bond acceptors (Lipinski definition) is 4. The largest absolute Gasteiger partial charge is 0.347 e. The van der Waals surface area contributed by atoms with Crippen molar-refractivity contribution < 1.29 is 4.79 Å². The van der Waals surface area contributed by atoms with Crippen LogP contribution in [-0.4, -0.2) is 52.6 Å². The fourth-order valence-corrected chi connectivity index (χ4v) is 3.68. The zero-order valence-electron chi connectivity index (χ0n) is 14.4. The average molecular weight is 339 g/mol. The number of hydrogen-bond donors (Lipinski definition) is 2. The predicted molar refractivity (Wildman–Crippen MR) is 96.4 cm³/mol. The fourth-order valence-electron chi connectivity index (χ4n) is 3.68. The van der Waals surface area contributed by atoms with Crippen LogP contribution in [0.2, 0.25) is 0 Å². The number of nitrogens with zero attached hydrogens (tertiary/aromatic N) is 3. The molecule has 0 unspecified atom stereocenters. The van der Waals surface area contributed by atoms with Gasteiger partial charge in [-0.05, 0) is 12.0 Å². The zero-order chi connectivity index (χ0) is 17.1. The molecule has 0 bridgehead atoms. The van der Waals surface area contributed by atoms with Crippen LogP contribution in [0, 0.1) is 0 Å². The molecule has 0 aliphatic carbocycles. The van der Waals surface area contributed by atoms with Crippen molar-refractivity contribution in [2.75, 3.05) is 26.2 Å². The van der Waals surface area contributed by atoms with Crippen LogP contribution in [0.5, 0.6) is 0 Å². The van der Waals surface area contributed by atoms with Gasteiger partial charge in [0.15, 0.2) is 0 Å². The SMILES string of the molecule is O=C(N[C@H]1CCN(Cc2ccccc2)C1)c1cn2c(n1)CCNCC2. The summed E-state index contributed by atoms with van der Waals surface area (Å²) in [7, 11) is 0. The second-order valence-corrected chi connectivity index (χ2v) is 6.92. The van der Waals surface area contributed by atoms with Gasteiger partial charge in [-0.15, -0.1) is 0 Å². The molecule has 132 valence electrons. The van der Waals surface area contributed by atoms with Crippen molar-refractivity contribution in [3.8, 4) is 0 Å². The normalized spacial score (nSPS) is 20.9. The number of carbonyl (C=O) groups excluding carboxylic acids is 1. The Morgan fingerprint density at radius 2 is 2.12 bits per heavy atom. The smallest absolute Gasteiger partial charge is 0.271 e. The van der Waals surface area contributed by atoms with Crippen LogP contribution in [0.4, 0.5) is 0 Å². The van der Waals surface area contributed by atoms with E-state index >= 15 is 0 Å². The maximum absolute atomic E-state index is 12.5. The molecule has 6 nitrogen and oxygen atoms in total. The lowest BCUT2D eigenvalue weighted by molar-refractivity contribution is 0.0933. The summed E-state index contributed by atoms with van der Waals surface area (Å²) >= 11 is 0. The Hall–Kier alpha value is -2.18. The summed E-state index contributed by atoms with van der Waals surface area (Å²) in [5.41, 5.74) is 1.87. The Bertz CT molecular complexity index is 703. The van der Waals surface area contributed by atoms with Crippen LogP contribution in [0.3, 0.4) is 0 Å². The Kier molecular flexibility index (Phi) is 4.81. The van der Waals surface area contributed by atoms with Crippen LogP contribution in [0.1, 0.15) is 28.3 Å². The third-order valence-corrected chi connectivity index (χ3v) is 5.00. The minimum absolute atomic E-state index is 0.0416. The lowest BCUT2D eigenvalue weighted by atomic mass is 10.2. The molecule has 0 radical (unpaired) electrons. The summed E-state index contributed by atoms with van der Waals surface area (Å²) in [6.07, 6.45) is 3.77. The van der Waals surface area contributed by atoms with Gasteiger partial charge in [0, 0.05) is 57.9 Å². The van der Waals surface area contributed by atoms with Crippen LogP contribution >= 0.6 is 0 Å². The molecule has 1 fully saturated rings. The number of aromatic nitrogens is 2. The summed E-state index contributed by atoms with van der Waals surface area (Å²) in [4.78, 5) is 19.5. The molecule has 1 aromatic carbocycles. The summed E-state index contributed by atoms with van der Waals surface area (Å²) in [6.45, 7) is 5.60. The Morgan fingerprint density at radius 1 is 1.24 bits per heavy atom. The van der Waals surface area contributed by atoms with Crippen molar-refractivity contribution >= 4 is 5.91 Å². The summed E-state index contributed by atoms with van der Waals surface area (Å²) in [5, 5.41) is 6.51. The molecule has 0 saturated carbocycles. The highest BCUT2D eigenvalue weighted by Gasteiger charge is 2.25. The molecule has 2 aliphatic heterocycles. The van der Waals surface area contributed by atoms with E-state index in [4.69, 9.17) is 0 Å². The van der Waals surface area contributed by atoms with E-state index in [1.165, 1.54) is 5.56 Å². The molecule has 25 heavy (non-hydrogen) atoms. The molecule has 2 N–H and O–H groups in total. The molecule has 6 heteroatoms. The van der Waals surface area contributed by atoms with Gasteiger partial charge in [0.05, 0.1) is 0 Å². The van der Waals surface area contributed by atoms with Gasteiger partial charge in [0.1, 0.15) is 11.5 Å². The van der Waals surface area contributed by atoms with E-state index in [1.807, 2.05) is 12.3 Å². The van der Waals surface area contributed by atoms with Crippen molar-refractivity contribution in [1.82, 2.24) is 25.1 Å². The van der Waals surface area contributed by atoms with Gasteiger partial charge in [-0.2, -0.15) is 0 Å². The monoisotopic (exact) mass is 339 g/mol. The topological polar surface area (TPSA) is 62.2 Å². The van der Waals surface area contributed by atoms with Crippen molar-refractivity contribution in [2.45, 2.75) is 32.0 Å². The second kappa shape index (κ2) is 7.37. The van der Waals surface area contributed by atoms with Gasteiger partial charge >= 0.3 is 0 Å². The lowest BCUT2D eigenvalue weighted by Crippen LogP contribution is -2.37. The highest BCUT2D eigenvalue weighted by atomic mass is 16.2. The molecule has 1 amide bonds. The van der Waals surface area contributed by atoms with Crippen molar-refractivity contribution in [3.63, 3.8) is 0 Å². The number of benzene rings is 1. The highest BCUT2D eigenvalue weighted by Crippen LogP contribution is 2.14. The van der Waals surface area contributed by atoms with Gasteiger partial charge < -0.3 is 15.2 Å². The van der Waals surface area contributed by atoms with Crippen LogP contribution in [0.15, 0.2) is 36.5 Å². The molecule has 1 saturated heterocycles. The first-order chi connectivity index (χ1) is 12.3. The van der Waals surface area contributed by atoms with E-state index < -0.39 is 0 Å². The highest BCUT2D eigenvalue weighted by molar-refractivity contribution is 5.92. The molecule has 0 spiro atoms. The Labute approximate surface area is 148 Å². The molecule has 1 atom stereocenters. The number of fused-ring (bicyclic) bond motifs is 1. The van der Waals surface area contributed by atoms with Gasteiger partial charge in [-0.1, -0.05) is 30.3 Å². The number of rotatable bonds is 4. The molecule has 1 aromatic heterocycles. The zero-order valence-corrected chi connectivity index (χ0v) is 14.4. The van der Waals surface area contributed by atoms with Crippen LogP contribution < -0.4 is 10.6 Å². The van der Waals surface area contributed by atoms with Gasteiger partial charge in [0.2, 0.25) is 0 Å². The molecular formula is C19H25N5O. The van der Waals surface area contributed by atoms with Crippen molar-refractivity contribution in [1.29, 1.82) is 0 Å². The molecule has 2 aliphatic rings. The maximum atomic E-state index is 12.5. The van der Waals surface area contributed by atoms with E-state index in [1.54, 1.807) is 0 Å². The first-order valence-electron chi connectivity index (χ1n) is 9.12. The number of carbonyl (C=O) groups is 1. The third kappa shape index (κ3) is 3.91. The average Bonchev–Trinajstić information content (AvgIpc) is 3.17. The summed E-state index contributed by atoms with van der Waals surface area (Å²) in [6, 6.07) is 10.7. The first-order valence-corrected chi connectivity index (χ1v) is 9.12. The van der Waals surface area contributed by atoms with Gasteiger partial charge in [-0.25, -0.2) is 4.98 Å². The van der Waals surface area contributed by atoms with E-state index in [9.17, 15) is 4.79 Å². The van der Waals surface area contributed by atoms with Crippen LogP contribution in [0.25, 0.3) is 0 Å². The van der Waals surface area contributed by atoms with E-state index in [-0.39, 0.29) is 11.9 Å². The predicted octanol–water partition coefficient (Wildman–Crippen LogP) is 1.03. The summed E-state index contributed by atoms with van der Waals surface area (Å²) < 4.78 is 2.10. The fraction of sp³-hybridized carbons (Fsp3) is 0.474. The van der Waals surface area contributed by atoms with E-state index in [2.05, 4.69) is 49.4 Å². The Balaban J connectivity index is 1.33. The van der Waals surface area contributed by atoms with E-state index in [0.717, 1.165) is 57.9 Å². The van der Waals surface area contributed by atoms with Crippen molar-refractivity contribution in [2.24, 2.45) is 0 Å². The minimum atomic E-state index is -0.0416. The van der Waals surface area contributed by atoms with Crippen molar-refractivity contribution in [3.05, 3.63) is 53.6 Å². The molecule has 2 aromatic rings. The minimum Gasteiger partial charge on any atom is -0.347 e. The molecular weight excluding hydrogens is 314 g/mol. The Morgan fingerprint density at radius 3 is 3.00 bits per heavy atom. The number of amides is 1. The molecule has 4 rings (SSSR count). The maximum Gasteiger partial charge on any atom is 0.271 e. The van der Waals surface area contributed by atoms with E-state index in [0.29, 0.717) is 5.69 Å². The van der Waals surface area contributed by atoms with Gasteiger partial charge in [-0.3, -0.25) is 9.69 Å². The second-order valence-electron chi connectivity index (χ2n) is 6.92. The number of imidazole rings is 1. The molecule has 3 heterocycles. The first kappa shape index (κ1) is 16.3. The third-order valence-electron chi connectivity index (χ3n) is 5.00. The summed E-state index contributed by atoms with van der Waals surface area (Å²) in [5.74, 6) is 0.965. The lowest BCUT2D eigenvalue weighted by Gasteiger charge is -2.16. The quantitative estimate of drug-likeness (QED) is 0.874. The standard InChI is InChI=1S/C19H25N5O/c25-19(17-14-24-11-9-20-8-6-18(24)22-17)21-16-7-10-23(13-16)12-15-4-2-1-3-5-15/h1-5,14,16,20H,6-13H2,(H,21,25)/t16-/m0/s1. The number of nitrogens with one attached hydrogen (secondary N) is 2. The van der Waals surface area contributed by atoms with Gasteiger partial charge in [0.25, 0.3) is 5.91 Å².